The molecule has 7 nitrogen and oxygen atoms in total. The molecule has 0 aliphatic carbocycles. The predicted molar refractivity (Wildman–Crippen MR) is 173 cm³/mol. The van der Waals surface area contributed by atoms with Crippen molar-refractivity contribution in [1.29, 1.82) is 0 Å². The molecule has 0 rings (SSSR count). The zero-order chi connectivity index (χ0) is 30.4. The van der Waals surface area contributed by atoms with Gasteiger partial charge in [0.2, 0.25) is 0 Å². The number of hydrogen-bond donors (Lipinski definition) is 0. The lowest BCUT2D eigenvalue weighted by Gasteiger charge is -2.08. The zero-order valence-corrected chi connectivity index (χ0v) is 28.0. The molecular weight excluding hydrogens is 532 g/mol. The van der Waals surface area contributed by atoms with Gasteiger partial charge in [0, 0.05) is 13.0 Å². The standard InChI is InChI=1S/C35H70O7/c1-3-5-7-9-11-12-13-14-15-16-18-20-22-24-37-25-26-38-27-28-39-29-30-40-31-32-41-33-34-42-35(36)23-21-19-17-10-8-6-4-2/h3-34H2,1-2H3. The van der Waals surface area contributed by atoms with Gasteiger partial charge in [-0.3, -0.25) is 4.79 Å². The Kier molecular flexibility index (Phi) is 37.6. The van der Waals surface area contributed by atoms with Gasteiger partial charge >= 0.3 is 5.97 Å². The summed E-state index contributed by atoms with van der Waals surface area (Å²) in [5.74, 6) is -0.123. The summed E-state index contributed by atoms with van der Waals surface area (Å²) in [4.78, 5) is 11.7. The van der Waals surface area contributed by atoms with Crippen LogP contribution in [0.1, 0.15) is 149 Å². The van der Waals surface area contributed by atoms with Gasteiger partial charge in [0.05, 0.1) is 59.5 Å². The second-order valence-electron chi connectivity index (χ2n) is 11.4. The summed E-state index contributed by atoms with van der Waals surface area (Å²) < 4.78 is 32.9. The molecule has 0 saturated heterocycles. The van der Waals surface area contributed by atoms with Crippen molar-refractivity contribution in [2.24, 2.45) is 0 Å². The maximum Gasteiger partial charge on any atom is 0.305 e. The van der Waals surface area contributed by atoms with Crippen LogP contribution in [0.15, 0.2) is 0 Å². The molecule has 0 aromatic carbocycles. The van der Waals surface area contributed by atoms with E-state index in [1.807, 2.05) is 0 Å². The molecule has 0 unspecified atom stereocenters. The molecule has 0 bridgehead atoms. The molecule has 0 aliphatic heterocycles. The van der Waals surface area contributed by atoms with Gasteiger partial charge in [-0.2, -0.15) is 0 Å². The Morgan fingerprint density at radius 2 is 0.619 bits per heavy atom. The van der Waals surface area contributed by atoms with Crippen LogP contribution >= 0.6 is 0 Å². The van der Waals surface area contributed by atoms with Gasteiger partial charge in [0.25, 0.3) is 0 Å². The lowest BCUT2D eigenvalue weighted by molar-refractivity contribution is -0.145. The van der Waals surface area contributed by atoms with Gasteiger partial charge in [-0.15, -0.1) is 0 Å². The third kappa shape index (κ3) is 37.3. The highest BCUT2D eigenvalue weighted by atomic mass is 16.6. The minimum atomic E-state index is -0.123. The van der Waals surface area contributed by atoms with Gasteiger partial charge in [-0.25, -0.2) is 0 Å². The van der Waals surface area contributed by atoms with E-state index in [2.05, 4.69) is 13.8 Å². The number of esters is 1. The maximum absolute atomic E-state index is 11.7. The molecule has 0 amide bonds. The lowest BCUT2D eigenvalue weighted by Crippen LogP contribution is -2.15. The fraction of sp³-hybridized carbons (Fsp3) is 0.971. The summed E-state index contributed by atoms with van der Waals surface area (Å²) in [5, 5.41) is 0. The third-order valence-electron chi connectivity index (χ3n) is 7.36. The van der Waals surface area contributed by atoms with Crippen LogP contribution in [0.3, 0.4) is 0 Å². The number of hydrogen-bond acceptors (Lipinski definition) is 7. The summed E-state index contributed by atoms with van der Waals surface area (Å²) in [5.41, 5.74) is 0. The SMILES string of the molecule is CCCCCCCCCCCCCCCOCCOCCOCCOCCOCCOC(=O)CCCCCCCCC. The average molecular weight is 603 g/mol. The van der Waals surface area contributed by atoms with Crippen LogP contribution in [-0.2, 0) is 33.2 Å². The van der Waals surface area contributed by atoms with E-state index in [4.69, 9.17) is 28.4 Å². The Morgan fingerprint density at radius 3 is 1.00 bits per heavy atom. The highest BCUT2D eigenvalue weighted by Crippen LogP contribution is 2.12. The fourth-order valence-corrected chi connectivity index (χ4v) is 4.72. The van der Waals surface area contributed by atoms with Gasteiger partial charge in [0.1, 0.15) is 6.61 Å². The topological polar surface area (TPSA) is 72.5 Å². The number of unbranched alkanes of at least 4 members (excludes halogenated alkanes) is 18. The van der Waals surface area contributed by atoms with Crippen molar-refractivity contribution in [3.63, 3.8) is 0 Å². The molecule has 0 radical (unpaired) electrons. The predicted octanol–water partition coefficient (Wildman–Crippen LogP) is 8.84. The third-order valence-corrected chi connectivity index (χ3v) is 7.36. The largest absolute Gasteiger partial charge is 0.463 e. The summed E-state index contributed by atoms with van der Waals surface area (Å²) in [7, 11) is 0. The van der Waals surface area contributed by atoms with Gasteiger partial charge < -0.3 is 28.4 Å². The average Bonchev–Trinajstić information content (AvgIpc) is 2.99. The molecule has 0 fully saturated rings. The highest BCUT2D eigenvalue weighted by Gasteiger charge is 2.02. The van der Waals surface area contributed by atoms with Crippen molar-refractivity contribution in [3.05, 3.63) is 0 Å². The Labute approximate surface area is 260 Å². The second kappa shape index (κ2) is 38.3. The van der Waals surface area contributed by atoms with Crippen molar-refractivity contribution in [1.82, 2.24) is 0 Å². The molecule has 0 N–H and O–H groups in total. The zero-order valence-electron chi connectivity index (χ0n) is 28.0. The van der Waals surface area contributed by atoms with Crippen molar-refractivity contribution in [2.75, 3.05) is 72.7 Å². The van der Waals surface area contributed by atoms with E-state index in [-0.39, 0.29) is 5.97 Å². The van der Waals surface area contributed by atoms with Gasteiger partial charge in [-0.1, -0.05) is 129 Å². The lowest BCUT2D eigenvalue weighted by atomic mass is 10.0. The Bertz CT molecular complexity index is 504. The van der Waals surface area contributed by atoms with Crippen molar-refractivity contribution < 1.29 is 33.2 Å². The number of carbonyl (C=O) groups is 1. The smallest absolute Gasteiger partial charge is 0.305 e. The van der Waals surface area contributed by atoms with Gasteiger partial charge in [0.15, 0.2) is 0 Å². The Morgan fingerprint density at radius 1 is 0.333 bits per heavy atom. The van der Waals surface area contributed by atoms with Crippen molar-refractivity contribution in [2.45, 2.75) is 149 Å². The van der Waals surface area contributed by atoms with Crippen molar-refractivity contribution in [3.8, 4) is 0 Å². The molecular formula is C35H70O7. The first-order valence-electron chi connectivity index (χ1n) is 17.9. The minimum absolute atomic E-state index is 0.123. The minimum Gasteiger partial charge on any atom is -0.463 e. The maximum atomic E-state index is 11.7. The Balaban J connectivity index is 3.09. The first kappa shape index (κ1) is 41.3. The first-order chi connectivity index (χ1) is 20.8. The monoisotopic (exact) mass is 603 g/mol. The molecule has 0 aromatic rings. The van der Waals surface area contributed by atoms with E-state index >= 15 is 0 Å². The summed E-state index contributed by atoms with van der Waals surface area (Å²) >= 11 is 0. The normalized spacial score (nSPS) is 11.4. The molecule has 0 aromatic heterocycles. The second-order valence-corrected chi connectivity index (χ2v) is 11.4. The molecule has 0 atom stereocenters. The number of ether oxygens (including phenoxy) is 6. The van der Waals surface area contributed by atoms with E-state index in [9.17, 15) is 4.79 Å². The van der Waals surface area contributed by atoms with E-state index in [1.165, 1.54) is 109 Å². The molecule has 0 heterocycles. The molecule has 0 saturated carbocycles. The van der Waals surface area contributed by atoms with Crippen LogP contribution in [0.4, 0.5) is 0 Å². The number of carbonyl (C=O) groups excluding carboxylic acids is 1. The Hall–Kier alpha value is -0.730. The van der Waals surface area contributed by atoms with Crippen LogP contribution in [0.2, 0.25) is 0 Å². The van der Waals surface area contributed by atoms with E-state index < -0.39 is 0 Å². The van der Waals surface area contributed by atoms with E-state index in [0.29, 0.717) is 72.5 Å². The van der Waals surface area contributed by atoms with Gasteiger partial charge in [-0.05, 0) is 12.8 Å². The summed E-state index contributed by atoms with van der Waals surface area (Å²) in [6.07, 6.45) is 26.7. The quantitative estimate of drug-likeness (QED) is 0.0519. The summed E-state index contributed by atoms with van der Waals surface area (Å²) in [6.45, 7) is 10.5. The van der Waals surface area contributed by atoms with Crippen LogP contribution in [-0.4, -0.2) is 78.6 Å². The highest BCUT2D eigenvalue weighted by molar-refractivity contribution is 5.69. The van der Waals surface area contributed by atoms with Crippen LogP contribution in [0.5, 0.6) is 0 Å². The molecule has 7 heteroatoms. The van der Waals surface area contributed by atoms with Crippen LogP contribution < -0.4 is 0 Å². The van der Waals surface area contributed by atoms with Crippen LogP contribution in [0, 0.1) is 0 Å². The molecule has 252 valence electrons. The van der Waals surface area contributed by atoms with E-state index in [0.717, 1.165) is 25.9 Å². The molecule has 0 aliphatic rings. The first-order valence-corrected chi connectivity index (χ1v) is 17.9. The van der Waals surface area contributed by atoms with E-state index in [1.54, 1.807) is 0 Å². The number of rotatable bonds is 37. The van der Waals surface area contributed by atoms with Crippen molar-refractivity contribution >= 4 is 5.97 Å². The summed E-state index contributed by atoms with van der Waals surface area (Å²) in [6, 6.07) is 0. The fourth-order valence-electron chi connectivity index (χ4n) is 4.72. The van der Waals surface area contributed by atoms with Crippen LogP contribution in [0.25, 0.3) is 0 Å². The molecule has 0 spiro atoms. The molecule has 42 heavy (non-hydrogen) atoms.